The van der Waals surface area contributed by atoms with Crippen molar-refractivity contribution >= 4 is 23.2 Å². The van der Waals surface area contributed by atoms with Gasteiger partial charge in [-0.15, -0.1) is 11.6 Å². The molecule has 3 rings (SSSR count). The summed E-state index contributed by atoms with van der Waals surface area (Å²) < 4.78 is 3.23. The minimum atomic E-state index is -0.583. The second kappa shape index (κ2) is 6.19. The van der Waals surface area contributed by atoms with Crippen LogP contribution in [0.5, 0.6) is 0 Å². The van der Waals surface area contributed by atoms with E-state index >= 15 is 0 Å². The second-order valence-corrected chi connectivity index (χ2v) is 6.01. The van der Waals surface area contributed by atoms with Crippen LogP contribution in [-0.2, 0) is 11.8 Å². The Kier molecular flexibility index (Phi) is 4.25. The van der Waals surface area contributed by atoms with Crippen molar-refractivity contribution in [3.05, 3.63) is 46.4 Å². The van der Waals surface area contributed by atoms with E-state index in [0.717, 1.165) is 5.69 Å². The molecule has 2 heterocycles. The molecular weight excluding hydrogens is 318 g/mol. The summed E-state index contributed by atoms with van der Waals surface area (Å²) in [5.41, 5.74) is 7.03. The van der Waals surface area contributed by atoms with Crippen LogP contribution in [-0.4, -0.2) is 33.2 Å². The largest absolute Gasteiger partial charge is 0.318 e. The van der Waals surface area contributed by atoms with Crippen molar-refractivity contribution in [1.29, 1.82) is 0 Å². The molecule has 3 N–H and O–H groups in total. The topological polar surface area (TPSA) is 80.1 Å². The minimum Gasteiger partial charge on any atom is -0.318 e. The molecule has 1 aliphatic rings. The summed E-state index contributed by atoms with van der Waals surface area (Å²) >= 11 is 6.08. The zero-order chi connectivity index (χ0) is 16.6. The summed E-state index contributed by atoms with van der Waals surface area (Å²) in [7, 11) is 1.78. The molecule has 1 fully saturated rings. The van der Waals surface area contributed by atoms with Gasteiger partial charge in [0.25, 0.3) is 5.56 Å². The Hall–Kier alpha value is -2.09. The fourth-order valence-electron chi connectivity index (χ4n) is 2.62. The molecule has 7 nitrogen and oxygen atoms in total. The van der Waals surface area contributed by atoms with Gasteiger partial charge in [-0.05, 0) is 19.1 Å². The summed E-state index contributed by atoms with van der Waals surface area (Å²) in [6.45, 7) is 2.27. The summed E-state index contributed by atoms with van der Waals surface area (Å²) in [5.74, 6) is -0.332. The third kappa shape index (κ3) is 2.78. The Labute approximate surface area is 138 Å². The van der Waals surface area contributed by atoms with Gasteiger partial charge in [0.1, 0.15) is 11.7 Å². The molecule has 8 heteroatoms. The van der Waals surface area contributed by atoms with Crippen LogP contribution in [0.25, 0.3) is 5.69 Å². The lowest BCUT2D eigenvalue weighted by Crippen LogP contribution is -2.43. The van der Waals surface area contributed by atoms with E-state index in [9.17, 15) is 9.59 Å². The Bertz CT molecular complexity index is 783. The number of carbonyl (C=O) groups excluding carboxylic acids is 1. The number of hydrogen-bond acceptors (Lipinski definition) is 4. The van der Waals surface area contributed by atoms with E-state index in [4.69, 9.17) is 11.6 Å². The molecule has 0 spiro atoms. The van der Waals surface area contributed by atoms with Crippen molar-refractivity contribution in [3.8, 4) is 5.69 Å². The maximum absolute atomic E-state index is 12.7. The maximum Gasteiger partial charge on any atom is 0.295 e. The number of rotatable bonds is 3. The molecule has 0 saturated carbocycles. The van der Waals surface area contributed by atoms with Gasteiger partial charge in [-0.1, -0.05) is 18.2 Å². The number of para-hydroxylation sites is 1. The third-order valence-corrected chi connectivity index (χ3v) is 4.41. The predicted octanol–water partition coefficient (Wildman–Crippen LogP) is 0.507. The molecule has 1 saturated heterocycles. The summed E-state index contributed by atoms with van der Waals surface area (Å²) in [6.07, 6.45) is 0. The highest BCUT2D eigenvalue weighted by Crippen LogP contribution is 2.15. The normalized spacial score (nSPS) is 20.7. The molecule has 1 amide bonds. The SMILES string of the molecule is Cc1c(NC(=O)C2NNCC2Cl)c(=O)n(-c2ccccc2)n1C. The van der Waals surface area contributed by atoms with Crippen LogP contribution in [0.4, 0.5) is 5.69 Å². The van der Waals surface area contributed by atoms with Gasteiger partial charge in [-0.25, -0.2) is 10.1 Å². The Morgan fingerprint density at radius 3 is 2.65 bits per heavy atom. The van der Waals surface area contributed by atoms with Gasteiger partial charge in [0, 0.05) is 13.6 Å². The highest BCUT2D eigenvalue weighted by Gasteiger charge is 2.32. The molecule has 0 radical (unpaired) electrons. The molecule has 2 aromatic rings. The molecule has 122 valence electrons. The lowest BCUT2D eigenvalue weighted by atomic mass is 10.2. The first kappa shape index (κ1) is 15.8. The van der Waals surface area contributed by atoms with Crippen LogP contribution in [0, 0.1) is 6.92 Å². The summed E-state index contributed by atoms with van der Waals surface area (Å²) in [5, 5.41) is 2.34. The molecule has 1 aromatic carbocycles. The average molecular weight is 336 g/mol. The third-order valence-electron chi connectivity index (χ3n) is 4.00. The molecule has 0 aliphatic carbocycles. The number of hydrogen-bond donors (Lipinski definition) is 3. The molecule has 1 aromatic heterocycles. The van der Waals surface area contributed by atoms with Crippen LogP contribution in [0.2, 0.25) is 0 Å². The standard InChI is InChI=1S/C15H18ClN5O2/c1-9-12(18-14(22)13-11(16)8-17-19-13)15(23)21(20(9)2)10-6-4-3-5-7-10/h3-7,11,13,17,19H,8H2,1-2H3,(H,18,22). The van der Waals surface area contributed by atoms with Crippen LogP contribution in [0.15, 0.2) is 35.1 Å². The van der Waals surface area contributed by atoms with Crippen molar-refractivity contribution in [3.63, 3.8) is 0 Å². The van der Waals surface area contributed by atoms with Crippen molar-refractivity contribution in [1.82, 2.24) is 20.2 Å². The number of anilines is 1. The fraction of sp³-hybridized carbons (Fsp3) is 0.333. The highest BCUT2D eigenvalue weighted by molar-refractivity contribution is 6.23. The first-order valence-corrected chi connectivity index (χ1v) is 7.71. The molecule has 0 bridgehead atoms. The van der Waals surface area contributed by atoms with Crippen molar-refractivity contribution < 1.29 is 4.79 Å². The zero-order valence-electron chi connectivity index (χ0n) is 12.8. The van der Waals surface area contributed by atoms with E-state index < -0.39 is 6.04 Å². The van der Waals surface area contributed by atoms with Gasteiger partial charge in [0.15, 0.2) is 0 Å². The van der Waals surface area contributed by atoms with Crippen molar-refractivity contribution in [2.45, 2.75) is 18.3 Å². The number of nitrogens with one attached hydrogen (secondary N) is 3. The van der Waals surface area contributed by atoms with E-state index in [-0.39, 0.29) is 22.5 Å². The molecule has 2 unspecified atom stereocenters. The number of alkyl halides is 1. The molecule has 1 aliphatic heterocycles. The number of halogens is 1. The Balaban J connectivity index is 1.95. The predicted molar refractivity (Wildman–Crippen MR) is 88.9 cm³/mol. The zero-order valence-corrected chi connectivity index (χ0v) is 13.6. The minimum absolute atomic E-state index is 0.263. The smallest absolute Gasteiger partial charge is 0.295 e. The lowest BCUT2D eigenvalue weighted by molar-refractivity contribution is -0.117. The van der Waals surface area contributed by atoms with Gasteiger partial charge in [-0.3, -0.25) is 19.7 Å². The fourth-order valence-corrected chi connectivity index (χ4v) is 2.87. The van der Waals surface area contributed by atoms with E-state index in [0.29, 0.717) is 12.2 Å². The Morgan fingerprint density at radius 1 is 1.35 bits per heavy atom. The second-order valence-electron chi connectivity index (χ2n) is 5.44. The quantitative estimate of drug-likeness (QED) is 0.714. The number of aromatic nitrogens is 2. The lowest BCUT2D eigenvalue weighted by Gasteiger charge is -2.12. The van der Waals surface area contributed by atoms with Gasteiger partial charge in [-0.2, -0.15) is 0 Å². The number of benzene rings is 1. The number of amides is 1. The van der Waals surface area contributed by atoms with Gasteiger partial charge in [0.05, 0.1) is 16.8 Å². The van der Waals surface area contributed by atoms with E-state index in [2.05, 4.69) is 16.2 Å². The highest BCUT2D eigenvalue weighted by atomic mass is 35.5. The Morgan fingerprint density at radius 2 is 2.04 bits per heavy atom. The summed E-state index contributed by atoms with van der Waals surface area (Å²) in [4.78, 5) is 25.0. The van der Waals surface area contributed by atoms with Gasteiger partial charge < -0.3 is 5.32 Å². The first-order chi connectivity index (χ1) is 11.0. The van der Waals surface area contributed by atoms with Crippen molar-refractivity contribution in [2.24, 2.45) is 7.05 Å². The number of carbonyl (C=O) groups is 1. The van der Waals surface area contributed by atoms with E-state index in [1.165, 1.54) is 4.68 Å². The average Bonchev–Trinajstić information content (AvgIpc) is 3.06. The summed E-state index contributed by atoms with van der Waals surface area (Å²) in [6, 6.07) is 8.68. The van der Waals surface area contributed by atoms with E-state index in [1.54, 1.807) is 18.7 Å². The van der Waals surface area contributed by atoms with Crippen LogP contribution in [0.1, 0.15) is 5.69 Å². The van der Waals surface area contributed by atoms with Crippen LogP contribution >= 0.6 is 11.6 Å². The van der Waals surface area contributed by atoms with Crippen LogP contribution < -0.4 is 21.7 Å². The van der Waals surface area contributed by atoms with E-state index in [1.807, 2.05) is 30.3 Å². The van der Waals surface area contributed by atoms with Crippen LogP contribution in [0.3, 0.4) is 0 Å². The molecule has 23 heavy (non-hydrogen) atoms. The number of hydrazine groups is 1. The van der Waals surface area contributed by atoms with Gasteiger partial charge in [0.2, 0.25) is 5.91 Å². The number of nitrogens with zero attached hydrogens (tertiary/aromatic N) is 2. The monoisotopic (exact) mass is 335 g/mol. The van der Waals surface area contributed by atoms with Gasteiger partial charge >= 0.3 is 0 Å². The van der Waals surface area contributed by atoms with Crippen molar-refractivity contribution in [2.75, 3.05) is 11.9 Å². The maximum atomic E-state index is 12.7. The molecular formula is C15H18ClN5O2. The molecule has 2 atom stereocenters. The first-order valence-electron chi connectivity index (χ1n) is 7.28.